The van der Waals surface area contributed by atoms with Gasteiger partial charge < -0.3 is 5.32 Å². The molecule has 2 aliphatic rings. The van der Waals surface area contributed by atoms with Crippen LogP contribution in [0.2, 0.25) is 0 Å². The van der Waals surface area contributed by atoms with Crippen LogP contribution in [0, 0.1) is 5.41 Å². The van der Waals surface area contributed by atoms with E-state index in [1.165, 1.54) is 12.0 Å². The number of nitrogens with one attached hydrogen (secondary N) is 1. The van der Waals surface area contributed by atoms with Crippen molar-refractivity contribution < 1.29 is 4.79 Å². The third kappa shape index (κ3) is 1.34. The lowest BCUT2D eigenvalue weighted by atomic mass is 9.61. The molecule has 1 aromatic rings. The van der Waals surface area contributed by atoms with Crippen LogP contribution in [0.25, 0.3) is 0 Å². The highest BCUT2D eigenvalue weighted by atomic mass is 79.9. The molecule has 1 aliphatic carbocycles. The minimum absolute atomic E-state index is 0.0825. The van der Waals surface area contributed by atoms with Gasteiger partial charge in [0.2, 0.25) is 5.91 Å². The summed E-state index contributed by atoms with van der Waals surface area (Å²) in [7, 11) is 0. The zero-order valence-corrected chi connectivity index (χ0v) is 10.6. The van der Waals surface area contributed by atoms with Crippen molar-refractivity contribution in [3.8, 4) is 0 Å². The average molecular weight is 280 g/mol. The molecule has 3 rings (SSSR count). The van der Waals surface area contributed by atoms with Crippen LogP contribution >= 0.6 is 15.9 Å². The summed E-state index contributed by atoms with van der Waals surface area (Å²) in [5.74, 6) is 0.634. The molecule has 1 saturated carbocycles. The van der Waals surface area contributed by atoms with Gasteiger partial charge in [-0.25, -0.2) is 0 Å². The Hall–Kier alpha value is -0.830. The number of amides is 1. The molecule has 16 heavy (non-hydrogen) atoms. The summed E-state index contributed by atoms with van der Waals surface area (Å²) in [5.41, 5.74) is 1.20. The molecule has 1 spiro atoms. The predicted molar refractivity (Wildman–Crippen MR) is 66.2 cm³/mol. The first-order chi connectivity index (χ1) is 7.72. The van der Waals surface area contributed by atoms with Gasteiger partial charge in [-0.2, -0.15) is 0 Å². The molecule has 0 unspecified atom stereocenters. The predicted octanol–water partition coefficient (Wildman–Crippen LogP) is 2.83. The highest BCUT2D eigenvalue weighted by Crippen LogP contribution is 2.54. The molecule has 0 bridgehead atoms. The number of halogens is 1. The van der Waals surface area contributed by atoms with Crippen molar-refractivity contribution in [2.24, 2.45) is 5.41 Å². The number of hydrogen-bond acceptors (Lipinski definition) is 1. The van der Waals surface area contributed by atoms with E-state index in [1.54, 1.807) is 0 Å². The molecule has 1 N–H and O–H groups in total. The van der Waals surface area contributed by atoms with Gasteiger partial charge in [-0.05, 0) is 30.5 Å². The third-order valence-corrected chi connectivity index (χ3v) is 4.58. The van der Waals surface area contributed by atoms with E-state index in [9.17, 15) is 4.79 Å². The Morgan fingerprint density at radius 1 is 1.38 bits per heavy atom. The Morgan fingerprint density at radius 3 is 2.81 bits per heavy atom. The topological polar surface area (TPSA) is 29.1 Å². The molecule has 1 heterocycles. The molecule has 3 heteroatoms. The summed E-state index contributed by atoms with van der Waals surface area (Å²) in [6, 6.07) is 8.36. The van der Waals surface area contributed by atoms with Gasteiger partial charge in [-0.15, -0.1) is 0 Å². The SMILES string of the molecule is O=C1NC[C@@H](c2cccc(Br)c2)C12CCC2. The van der Waals surface area contributed by atoms with Crippen molar-refractivity contribution >= 4 is 21.8 Å². The van der Waals surface area contributed by atoms with Gasteiger partial charge in [-0.1, -0.05) is 34.5 Å². The van der Waals surface area contributed by atoms with Crippen LogP contribution in [0.3, 0.4) is 0 Å². The minimum atomic E-state index is -0.0825. The molecule has 0 radical (unpaired) electrons. The van der Waals surface area contributed by atoms with E-state index in [0.29, 0.717) is 5.92 Å². The Balaban J connectivity index is 1.98. The highest BCUT2D eigenvalue weighted by Gasteiger charge is 2.54. The van der Waals surface area contributed by atoms with Crippen molar-refractivity contribution in [2.75, 3.05) is 6.54 Å². The van der Waals surface area contributed by atoms with Gasteiger partial charge in [0.1, 0.15) is 0 Å². The smallest absolute Gasteiger partial charge is 0.226 e. The lowest BCUT2D eigenvalue weighted by Crippen LogP contribution is -2.40. The quantitative estimate of drug-likeness (QED) is 0.842. The van der Waals surface area contributed by atoms with E-state index in [1.807, 2.05) is 6.07 Å². The van der Waals surface area contributed by atoms with Crippen LogP contribution in [-0.2, 0) is 4.79 Å². The van der Waals surface area contributed by atoms with E-state index < -0.39 is 0 Å². The Bertz CT molecular complexity index is 439. The average Bonchev–Trinajstić information content (AvgIpc) is 2.55. The summed E-state index contributed by atoms with van der Waals surface area (Å²) in [6.45, 7) is 0.801. The molecular formula is C13H14BrNO. The van der Waals surface area contributed by atoms with Crippen molar-refractivity contribution in [3.05, 3.63) is 34.3 Å². The van der Waals surface area contributed by atoms with Gasteiger partial charge >= 0.3 is 0 Å². The summed E-state index contributed by atoms with van der Waals surface area (Å²) < 4.78 is 1.10. The maximum absolute atomic E-state index is 11.9. The lowest BCUT2D eigenvalue weighted by molar-refractivity contribution is -0.132. The summed E-state index contributed by atoms with van der Waals surface area (Å²) in [5, 5.41) is 3.03. The number of carbonyl (C=O) groups excluding carboxylic acids is 1. The third-order valence-electron chi connectivity index (χ3n) is 4.08. The Kier molecular flexibility index (Phi) is 2.32. The number of hydrogen-bond donors (Lipinski definition) is 1. The zero-order valence-electron chi connectivity index (χ0n) is 9.00. The number of benzene rings is 1. The van der Waals surface area contributed by atoms with Crippen LogP contribution in [0.5, 0.6) is 0 Å². The second-order valence-corrected chi connectivity index (χ2v) is 5.74. The van der Waals surface area contributed by atoms with Crippen LogP contribution in [0.4, 0.5) is 0 Å². The van der Waals surface area contributed by atoms with Gasteiger partial charge in [0, 0.05) is 16.9 Å². The van der Waals surface area contributed by atoms with E-state index in [0.717, 1.165) is 23.9 Å². The van der Waals surface area contributed by atoms with E-state index >= 15 is 0 Å². The van der Waals surface area contributed by atoms with Crippen molar-refractivity contribution in [1.29, 1.82) is 0 Å². The molecular weight excluding hydrogens is 266 g/mol. The Labute approximate surface area is 104 Å². The second-order valence-electron chi connectivity index (χ2n) is 4.83. The molecule has 0 aromatic heterocycles. The van der Waals surface area contributed by atoms with Crippen LogP contribution < -0.4 is 5.32 Å². The molecule has 1 aromatic carbocycles. The molecule has 1 aliphatic heterocycles. The zero-order chi connectivity index (χ0) is 11.2. The molecule has 2 nitrogen and oxygen atoms in total. The number of carbonyl (C=O) groups is 1. The maximum atomic E-state index is 11.9. The van der Waals surface area contributed by atoms with Crippen molar-refractivity contribution in [2.45, 2.75) is 25.2 Å². The Morgan fingerprint density at radius 2 is 2.19 bits per heavy atom. The maximum Gasteiger partial charge on any atom is 0.226 e. The van der Waals surface area contributed by atoms with E-state index in [-0.39, 0.29) is 11.3 Å². The van der Waals surface area contributed by atoms with Gasteiger partial charge in [0.05, 0.1) is 5.41 Å². The molecule has 1 amide bonds. The van der Waals surface area contributed by atoms with Crippen LogP contribution in [-0.4, -0.2) is 12.5 Å². The molecule has 2 fully saturated rings. The fourth-order valence-corrected chi connectivity index (χ4v) is 3.43. The molecule has 1 atom stereocenters. The van der Waals surface area contributed by atoms with Crippen LogP contribution in [0.15, 0.2) is 28.7 Å². The van der Waals surface area contributed by atoms with Crippen LogP contribution in [0.1, 0.15) is 30.7 Å². The summed E-state index contributed by atoms with van der Waals surface area (Å²) >= 11 is 3.50. The monoisotopic (exact) mass is 279 g/mol. The summed E-state index contributed by atoms with van der Waals surface area (Å²) in [6.07, 6.45) is 3.30. The fourth-order valence-electron chi connectivity index (χ4n) is 3.02. The van der Waals surface area contributed by atoms with Gasteiger partial charge in [0.15, 0.2) is 0 Å². The molecule has 1 saturated heterocycles. The first kappa shape index (κ1) is 10.3. The normalized spacial score (nSPS) is 26.6. The standard InChI is InChI=1S/C13H14BrNO/c14-10-4-1-3-9(7-10)11-8-15-12(16)13(11)5-2-6-13/h1,3-4,7,11H,2,5-6,8H2,(H,15,16)/t11-/m0/s1. The van der Waals surface area contributed by atoms with Gasteiger partial charge in [0.25, 0.3) is 0 Å². The first-order valence-electron chi connectivity index (χ1n) is 5.76. The fraction of sp³-hybridized carbons (Fsp3) is 0.462. The largest absolute Gasteiger partial charge is 0.355 e. The second kappa shape index (κ2) is 3.59. The van der Waals surface area contributed by atoms with E-state index in [4.69, 9.17) is 0 Å². The highest BCUT2D eigenvalue weighted by molar-refractivity contribution is 9.10. The first-order valence-corrected chi connectivity index (χ1v) is 6.55. The van der Waals surface area contributed by atoms with Crippen molar-refractivity contribution in [1.82, 2.24) is 5.32 Å². The van der Waals surface area contributed by atoms with Crippen molar-refractivity contribution in [3.63, 3.8) is 0 Å². The van der Waals surface area contributed by atoms with E-state index in [2.05, 4.69) is 39.4 Å². The lowest BCUT2D eigenvalue weighted by Gasteiger charge is -2.40. The van der Waals surface area contributed by atoms with Gasteiger partial charge in [-0.3, -0.25) is 4.79 Å². The molecule has 84 valence electrons. The summed E-state index contributed by atoms with van der Waals surface area (Å²) in [4.78, 5) is 11.9. The minimum Gasteiger partial charge on any atom is -0.355 e. The number of rotatable bonds is 1.